The first-order valence-electron chi connectivity index (χ1n) is 17.1. The summed E-state index contributed by atoms with van der Waals surface area (Å²) in [7, 11) is 0. The number of aromatic nitrogens is 1. The van der Waals surface area contributed by atoms with Crippen molar-refractivity contribution in [2.45, 2.75) is 70.4 Å². The maximum atomic E-state index is 13.8. The molecule has 0 amide bonds. The topological polar surface area (TPSA) is 117 Å². The molecule has 2 aliphatic carbocycles. The second-order valence-corrected chi connectivity index (χ2v) is 14.1. The third kappa shape index (κ3) is 10.9. The van der Waals surface area contributed by atoms with Gasteiger partial charge >= 0.3 is 18.6 Å². The number of likely N-dealkylation sites (tertiary alicyclic amines) is 1. The molecule has 1 aromatic heterocycles. The number of rotatable bonds is 17. The summed E-state index contributed by atoms with van der Waals surface area (Å²) in [5.74, 6) is 0.0992. The Morgan fingerprint density at radius 1 is 0.882 bits per heavy atom. The largest absolute Gasteiger partial charge is 0.493 e. The Morgan fingerprint density at radius 2 is 1.53 bits per heavy atom. The van der Waals surface area contributed by atoms with Crippen LogP contribution in [-0.2, 0) is 27.3 Å². The number of nitrogens with zero attached hydrogens (tertiary/aromatic N) is 2. The summed E-state index contributed by atoms with van der Waals surface area (Å²) in [4.78, 5) is 32.5. The summed E-state index contributed by atoms with van der Waals surface area (Å²) >= 11 is 12.9. The average Bonchev–Trinajstić information content (AvgIpc) is 4.04. The van der Waals surface area contributed by atoms with Crippen LogP contribution in [0.3, 0.4) is 0 Å². The lowest BCUT2D eigenvalue weighted by molar-refractivity contribution is -0.146. The van der Waals surface area contributed by atoms with Gasteiger partial charge in [0.05, 0.1) is 41.5 Å². The molecule has 3 aromatic rings. The molecule has 1 saturated heterocycles. The molecule has 6 rings (SSSR count). The fraction of sp³-hybridized carbons (Fsp3) is 0.486. The van der Waals surface area contributed by atoms with Gasteiger partial charge in [0.15, 0.2) is 11.5 Å². The van der Waals surface area contributed by atoms with Crippen molar-refractivity contribution < 1.29 is 47.2 Å². The van der Waals surface area contributed by atoms with E-state index >= 15 is 0 Å². The number of esters is 2. The normalized spacial score (nSPS) is 17.2. The molecule has 1 unspecified atom stereocenters. The summed E-state index contributed by atoms with van der Waals surface area (Å²) in [6.45, 7) is -1.07. The number of halogens is 4. The number of alkyl halides is 2. The van der Waals surface area contributed by atoms with Crippen molar-refractivity contribution in [3.05, 3.63) is 81.1 Å². The quantitative estimate of drug-likeness (QED) is 0.142. The lowest BCUT2D eigenvalue weighted by atomic mass is 10.0. The molecule has 0 spiro atoms. The number of aliphatic hydroxyl groups is 1. The Labute approximate surface area is 304 Å². The maximum absolute atomic E-state index is 13.8. The van der Waals surface area contributed by atoms with Gasteiger partial charge in [0.1, 0.15) is 18.5 Å². The fourth-order valence-electron chi connectivity index (χ4n) is 5.68. The molecule has 3 fully saturated rings. The van der Waals surface area contributed by atoms with Gasteiger partial charge in [-0.3, -0.25) is 14.7 Å². The summed E-state index contributed by atoms with van der Waals surface area (Å²) in [5.41, 5.74) is 1.57. The molecule has 2 saturated carbocycles. The zero-order valence-corrected chi connectivity index (χ0v) is 29.4. The van der Waals surface area contributed by atoms with Crippen LogP contribution in [0.15, 0.2) is 48.8 Å². The smallest absolute Gasteiger partial charge is 0.387 e. The van der Waals surface area contributed by atoms with Gasteiger partial charge in [0, 0.05) is 37.5 Å². The number of aliphatic hydroxyl groups excluding tert-OH is 1. The van der Waals surface area contributed by atoms with E-state index in [2.05, 4.69) is 4.98 Å². The zero-order chi connectivity index (χ0) is 35.9. The fourth-order valence-corrected chi connectivity index (χ4v) is 6.20. The van der Waals surface area contributed by atoms with E-state index in [1.54, 1.807) is 18.2 Å². The molecular weight excluding hydrogens is 709 g/mol. The van der Waals surface area contributed by atoms with Crippen LogP contribution in [0.25, 0.3) is 0 Å². The lowest BCUT2D eigenvalue weighted by Crippen LogP contribution is -2.39. The summed E-state index contributed by atoms with van der Waals surface area (Å²) < 4.78 is 54.8. The van der Waals surface area contributed by atoms with Crippen molar-refractivity contribution in [1.29, 1.82) is 0 Å². The van der Waals surface area contributed by atoms with Gasteiger partial charge in [-0.05, 0) is 91.8 Å². The highest BCUT2D eigenvalue weighted by atomic mass is 35.5. The second-order valence-electron chi connectivity index (χ2n) is 13.3. The van der Waals surface area contributed by atoms with Crippen molar-refractivity contribution in [3.8, 4) is 17.2 Å². The van der Waals surface area contributed by atoms with Crippen LogP contribution in [-0.4, -0.2) is 72.5 Å². The first kappa shape index (κ1) is 37.1. The SMILES string of the molecule is O=C(CN1CCC(O)CC1)OCc1cc(C(=O)OC(Cc2c(Cl)cncc2Cl)c2ccc(OC(F)F)c(OCC3CC3)c2)ccc1OCC1CC1. The Bertz CT molecular complexity index is 1660. The predicted molar refractivity (Wildman–Crippen MR) is 184 cm³/mol. The van der Waals surface area contributed by atoms with E-state index in [9.17, 15) is 23.5 Å². The monoisotopic (exact) mass is 748 g/mol. The van der Waals surface area contributed by atoms with Gasteiger partial charge in [-0.1, -0.05) is 29.3 Å². The molecule has 14 heteroatoms. The molecular formula is C37H40Cl2F2N2O8. The minimum Gasteiger partial charge on any atom is -0.493 e. The molecule has 2 aromatic carbocycles. The molecule has 10 nitrogen and oxygen atoms in total. The highest BCUT2D eigenvalue weighted by Crippen LogP contribution is 2.38. The van der Waals surface area contributed by atoms with Crippen LogP contribution < -0.4 is 14.2 Å². The summed E-state index contributed by atoms with van der Waals surface area (Å²) in [6, 6.07) is 9.19. The van der Waals surface area contributed by atoms with E-state index < -0.39 is 24.7 Å². The number of carbonyl (C=O) groups excluding carboxylic acids is 2. The molecule has 274 valence electrons. The Balaban J connectivity index is 1.23. The maximum Gasteiger partial charge on any atom is 0.387 e. The van der Waals surface area contributed by atoms with Gasteiger partial charge in [-0.2, -0.15) is 8.78 Å². The number of hydrogen-bond acceptors (Lipinski definition) is 10. The zero-order valence-electron chi connectivity index (χ0n) is 27.9. The molecule has 3 aliphatic rings. The highest BCUT2D eigenvalue weighted by Gasteiger charge is 2.28. The van der Waals surface area contributed by atoms with E-state index in [1.165, 1.54) is 30.6 Å². The van der Waals surface area contributed by atoms with E-state index in [0.29, 0.717) is 73.4 Å². The summed E-state index contributed by atoms with van der Waals surface area (Å²) in [5, 5.41) is 10.3. The number of benzene rings is 2. The Kier molecular flexibility index (Phi) is 12.5. The van der Waals surface area contributed by atoms with Crippen molar-refractivity contribution in [1.82, 2.24) is 9.88 Å². The van der Waals surface area contributed by atoms with Crippen LogP contribution in [0, 0.1) is 11.8 Å². The summed E-state index contributed by atoms with van der Waals surface area (Å²) in [6.07, 6.45) is 6.85. The molecule has 2 heterocycles. The standard InChI is InChI=1S/C37H40Cl2F2N2O8/c38-29-16-42-17-30(39)28(29)15-33(24-5-8-32(51-37(40)41)34(14-24)48-20-23-3-4-23)50-36(46)25-6-7-31(47-19-22-1-2-22)26(13-25)21-49-35(45)18-43-11-9-27(44)10-12-43/h5-8,13-14,16-17,22-23,27,33,37,44H,1-4,9-12,15,18-21H2. The molecule has 0 bridgehead atoms. The third-order valence-corrected chi connectivity index (χ3v) is 9.74. The molecule has 1 atom stereocenters. The first-order valence-corrected chi connectivity index (χ1v) is 17.9. The Hall–Kier alpha value is -3.71. The number of carbonyl (C=O) groups is 2. The predicted octanol–water partition coefficient (Wildman–Crippen LogP) is 7.21. The minimum atomic E-state index is -3.06. The number of pyridine rings is 1. The van der Waals surface area contributed by atoms with E-state index in [0.717, 1.165) is 25.7 Å². The van der Waals surface area contributed by atoms with Gasteiger partial charge in [0.2, 0.25) is 0 Å². The number of ether oxygens (including phenoxy) is 5. The van der Waals surface area contributed by atoms with Crippen LogP contribution >= 0.6 is 23.2 Å². The van der Waals surface area contributed by atoms with Crippen molar-refractivity contribution in [3.63, 3.8) is 0 Å². The number of hydrogen-bond donors (Lipinski definition) is 1. The first-order chi connectivity index (χ1) is 24.6. The van der Waals surface area contributed by atoms with E-state index in [4.69, 9.17) is 46.9 Å². The van der Waals surface area contributed by atoms with E-state index in [1.807, 2.05) is 4.90 Å². The van der Waals surface area contributed by atoms with Gasteiger partial charge in [-0.15, -0.1) is 0 Å². The van der Waals surface area contributed by atoms with Crippen molar-refractivity contribution in [2.75, 3.05) is 32.8 Å². The van der Waals surface area contributed by atoms with Gasteiger partial charge in [0.25, 0.3) is 0 Å². The van der Waals surface area contributed by atoms with Crippen LogP contribution in [0.1, 0.15) is 71.7 Å². The number of piperidine rings is 1. The molecule has 1 N–H and O–H groups in total. The van der Waals surface area contributed by atoms with Crippen molar-refractivity contribution >= 4 is 35.1 Å². The lowest BCUT2D eigenvalue weighted by Gasteiger charge is -2.28. The van der Waals surface area contributed by atoms with E-state index in [-0.39, 0.29) is 52.8 Å². The average molecular weight is 750 g/mol. The van der Waals surface area contributed by atoms with Crippen molar-refractivity contribution in [2.24, 2.45) is 11.8 Å². The highest BCUT2D eigenvalue weighted by molar-refractivity contribution is 6.35. The molecule has 1 aliphatic heterocycles. The van der Waals surface area contributed by atoms with Crippen LogP contribution in [0.5, 0.6) is 17.2 Å². The molecule has 51 heavy (non-hydrogen) atoms. The minimum absolute atomic E-state index is 0.0314. The second kappa shape index (κ2) is 17.2. The van der Waals surface area contributed by atoms with Crippen LogP contribution in [0.2, 0.25) is 10.0 Å². The van der Waals surface area contributed by atoms with Gasteiger partial charge < -0.3 is 28.8 Å². The molecule has 0 radical (unpaired) electrons. The third-order valence-electron chi connectivity index (χ3n) is 9.08. The van der Waals surface area contributed by atoms with Gasteiger partial charge in [-0.25, -0.2) is 4.79 Å². The Morgan fingerprint density at radius 3 is 2.18 bits per heavy atom. The van der Waals surface area contributed by atoms with Crippen LogP contribution in [0.4, 0.5) is 8.78 Å².